The maximum absolute atomic E-state index is 12.5. The lowest BCUT2D eigenvalue weighted by Crippen LogP contribution is -2.51. The lowest BCUT2D eigenvalue weighted by Gasteiger charge is -2.58. The molecule has 0 aromatic rings. The van der Waals surface area contributed by atoms with Crippen LogP contribution < -0.4 is 0 Å². The van der Waals surface area contributed by atoms with Gasteiger partial charge in [-0.25, -0.2) is 0 Å². The van der Waals surface area contributed by atoms with Gasteiger partial charge in [0.15, 0.2) is 0 Å². The van der Waals surface area contributed by atoms with Crippen molar-refractivity contribution in [2.45, 2.75) is 130 Å². The summed E-state index contributed by atoms with van der Waals surface area (Å²) < 4.78 is 5.33. The van der Waals surface area contributed by atoms with Crippen LogP contribution in [0, 0.1) is 46.3 Å². The molecule has 0 heterocycles. The second kappa shape index (κ2) is 9.86. The molecule has 2 nitrogen and oxygen atoms in total. The van der Waals surface area contributed by atoms with Gasteiger partial charge in [-0.15, -0.1) is 0 Å². The molecule has 0 aromatic carbocycles. The fourth-order valence-corrected chi connectivity index (χ4v) is 9.14. The minimum Gasteiger partial charge on any atom is -0.461 e. The van der Waals surface area contributed by atoms with Crippen molar-refractivity contribution >= 4 is 21.9 Å². The van der Waals surface area contributed by atoms with Gasteiger partial charge in [-0.1, -0.05) is 81.5 Å². The molecule has 4 aliphatic carbocycles. The molecule has 3 fully saturated rings. The maximum atomic E-state index is 12.5. The van der Waals surface area contributed by atoms with Gasteiger partial charge in [-0.05, 0) is 105 Å². The van der Waals surface area contributed by atoms with E-state index in [4.69, 9.17) is 4.74 Å². The Hall–Kier alpha value is -0.310. The highest BCUT2D eigenvalue weighted by molar-refractivity contribution is 9.10. The molecule has 0 spiro atoms. The van der Waals surface area contributed by atoms with Crippen molar-refractivity contribution in [3.05, 3.63) is 11.6 Å². The largest absolute Gasteiger partial charge is 0.461 e. The number of allylic oxidation sites excluding steroid dienone is 1. The van der Waals surface area contributed by atoms with E-state index in [2.05, 4.69) is 56.6 Å². The molecular weight excluding hydrogens is 484 g/mol. The van der Waals surface area contributed by atoms with Crippen LogP contribution >= 0.6 is 15.9 Å². The number of hydrogen-bond acceptors (Lipinski definition) is 2. The van der Waals surface area contributed by atoms with Crippen molar-refractivity contribution in [3.63, 3.8) is 0 Å². The second-order valence-electron chi connectivity index (χ2n) is 14.0. The summed E-state index contributed by atoms with van der Waals surface area (Å²) in [5, 5.41) is 0. The Morgan fingerprint density at radius 3 is 2.50 bits per heavy atom. The van der Waals surface area contributed by atoms with Crippen LogP contribution in [0.15, 0.2) is 11.6 Å². The Morgan fingerprint density at radius 2 is 1.82 bits per heavy atom. The molecule has 34 heavy (non-hydrogen) atoms. The monoisotopic (exact) mass is 534 g/mol. The van der Waals surface area contributed by atoms with Gasteiger partial charge in [-0.3, -0.25) is 4.79 Å². The summed E-state index contributed by atoms with van der Waals surface area (Å²) in [6.45, 7) is 16.3. The van der Waals surface area contributed by atoms with Gasteiger partial charge < -0.3 is 4.74 Å². The Kier molecular flexibility index (Phi) is 7.76. The standard InChI is InChI=1S/C31H51BrO2/c1-20(2)9-8-10-21(3)25-13-14-26-24-12-11-22-19-23(34-28(33)29(4,5)32)15-17-30(22,6)27(24)16-18-31(25,26)7/h11,20-21,23-27H,8-10,12-19H2,1-7H3/t21-,23-,24+,25-,26+,27+,30-,31-/m0/s1. The number of halogens is 1. The van der Waals surface area contributed by atoms with Crippen LogP contribution in [0.4, 0.5) is 0 Å². The van der Waals surface area contributed by atoms with E-state index in [1.807, 2.05) is 13.8 Å². The normalized spacial score (nSPS) is 40.7. The molecule has 3 heteroatoms. The van der Waals surface area contributed by atoms with E-state index in [9.17, 15) is 4.79 Å². The van der Waals surface area contributed by atoms with Crippen molar-refractivity contribution in [3.8, 4) is 0 Å². The first-order valence-electron chi connectivity index (χ1n) is 14.5. The highest BCUT2D eigenvalue weighted by Crippen LogP contribution is 2.67. The van der Waals surface area contributed by atoms with Crippen LogP contribution in [0.25, 0.3) is 0 Å². The van der Waals surface area contributed by atoms with Crippen LogP contribution in [0.2, 0.25) is 0 Å². The average Bonchev–Trinajstić information content (AvgIpc) is 3.10. The molecule has 3 saturated carbocycles. The number of esters is 1. The molecule has 8 atom stereocenters. The predicted molar refractivity (Wildman–Crippen MR) is 146 cm³/mol. The summed E-state index contributed by atoms with van der Waals surface area (Å²) in [7, 11) is 0. The Bertz CT molecular complexity index is 779. The van der Waals surface area contributed by atoms with Crippen LogP contribution in [0.3, 0.4) is 0 Å². The summed E-state index contributed by atoms with van der Waals surface area (Å²) in [5.41, 5.74) is 2.47. The zero-order valence-electron chi connectivity index (χ0n) is 23.1. The van der Waals surface area contributed by atoms with Gasteiger partial charge in [0.1, 0.15) is 10.4 Å². The van der Waals surface area contributed by atoms with Crippen molar-refractivity contribution in [1.82, 2.24) is 0 Å². The van der Waals surface area contributed by atoms with Gasteiger partial charge in [0, 0.05) is 6.42 Å². The SMILES string of the molecule is CC(C)CCC[C@H](C)[C@@H]1CC[C@@H]2[C@H]3CC=C4C[C@@H](OC(=O)C(C)(C)Br)CC[C@]4(C)[C@@H]3CC[C@]21C. The predicted octanol–water partition coefficient (Wildman–Crippen LogP) is 9.11. The number of hydrogen-bond donors (Lipinski definition) is 0. The van der Waals surface area contributed by atoms with Crippen molar-refractivity contribution in [2.75, 3.05) is 0 Å². The summed E-state index contributed by atoms with van der Waals surface area (Å²) >= 11 is 3.47. The van der Waals surface area contributed by atoms with Gasteiger partial charge >= 0.3 is 5.97 Å². The molecule has 4 rings (SSSR count). The topological polar surface area (TPSA) is 26.3 Å². The van der Waals surface area contributed by atoms with Gasteiger partial charge in [-0.2, -0.15) is 0 Å². The minimum atomic E-state index is -0.599. The highest BCUT2D eigenvalue weighted by Gasteiger charge is 2.59. The first-order valence-corrected chi connectivity index (χ1v) is 15.2. The van der Waals surface area contributed by atoms with Gasteiger partial charge in [0.2, 0.25) is 0 Å². The number of ether oxygens (including phenoxy) is 1. The lowest BCUT2D eigenvalue weighted by molar-refractivity contribution is -0.153. The van der Waals surface area contributed by atoms with Crippen molar-refractivity contribution < 1.29 is 9.53 Å². The molecular formula is C31H51BrO2. The van der Waals surface area contributed by atoms with E-state index in [0.29, 0.717) is 10.8 Å². The molecule has 0 unspecified atom stereocenters. The molecule has 0 aliphatic heterocycles. The minimum absolute atomic E-state index is 0.0524. The number of carbonyl (C=O) groups excluding carboxylic acids is 1. The van der Waals surface area contributed by atoms with Crippen molar-refractivity contribution in [1.29, 1.82) is 0 Å². The van der Waals surface area contributed by atoms with E-state index < -0.39 is 4.32 Å². The third-order valence-corrected chi connectivity index (χ3v) is 11.3. The maximum Gasteiger partial charge on any atom is 0.322 e. The van der Waals surface area contributed by atoms with Crippen molar-refractivity contribution in [2.24, 2.45) is 46.3 Å². The fourth-order valence-electron chi connectivity index (χ4n) is 9.04. The molecule has 0 bridgehead atoms. The van der Waals surface area contributed by atoms with E-state index in [1.165, 1.54) is 57.8 Å². The zero-order chi connectivity index (χ0) is 24.9. The van der Waals surface area contributed by atoms with E-state index >= 15 is 0 Å². The first-order chi connectivity index (χ1) is 15.9. The van der Waals surface area contributed by atoms with E-state index in [1.54, 1.807) is 5.57 Å². The lowest BCUT2D eigenvalue weighted by atomic mass is 9.47. The molecule has 0 amide bonds. The molecule has 0 saturated heterocycles. The van der Waals surface area contributed by atoms with Crippen LogP contribution in [0.5, 0.6) is 0 Å². The number of fused-ring (bicyclic) bond motifs is 5. The highest BCUT2D eigenvalue weighted by atomic mass is 79.9. The molecule has 0 aromatic heterocycles. The Balaban J connectivity index is 1.44. The van der Waals surface area contributed by atoms with Gasteiger partial charge in [0.05, 0.1) is 0 Å². The number of rotatable bonds is 7. The number of carbonyl (C=O) groups is 1. The molecule has 0 radical (unpaired) electrons. The van der Waals surface area contributed by atoms with Gasteiger partial charge in [0.25, 0.3) is 0 Å². The van der Waals surface area contributed by atoms with E-state index in [-0.39, 0.29) is 12.1 Å². The quantitative estimate of drug-likeness (QED) is 0.185. The smallest absolute Gasteiger partial charge is 0.322 e. The fraction of sp³-hybridized carbons (Fsp3) is 0.903. The zero-order valence-corrected chi connectivity index (χ0v) is 24.7. The molecule has 4 aliphatic rings. The Morgan fingerprint density at radius 1 is 1.09 bits per heavy atom. The number of alkyl halides is 1. The average molecular weight is 536 g/mol. The summed E-state index contributed by atoms with van der Waals surface area (Å²) in [5.74, 6) is 5.10. The summed E-state index contributed by atoms with van der Waals surface area (Å²) in [6, 6.07) is 0. The summed E-state index contributed by atoms with van der Waals surface area (Å²) in [6.07, 6.45) is 17.0. The third kappa shape index (κ3) is 4.95. The van der Waals surface area contributed by atoms with Crippen LogP contribution in [-0.2, 0) is 9.53 Å². The molecule has 0 N–H and O–H groups in total. The third-order valence-electron chi connectivity index (χ3n) is 11.0. The molecule has 194 valence electrons. The van der Waals surface area contributed by atoms with Crippen LogP contribution in [-0.4, -0.2) is 16.4 Å². The van der Waals surface area contributed by atoms with E-state index in [0.717, 1.165) is 48.3 Å². The first kappa shape index (κ1) is 26.7. The Labute approximate surface area is 218 Å². The van der Waals surface area contributed by atoms with Crippen LogP contribution in [0.1, 0.15) is 119 Å². The summed E-state index contributed by atoms with van der Waals surface area (Å²) in [4.78, 5) is 12.5. The second-order valence-corrected chi connectivity index (χ2v) is 16.0.